The minimum Gasteiger partial charge on any atom is -0.496 e. The molecule has 1 N–H and O–H groups in total. The maximum Gasteiger partial charge on any atom is 0.122 e. The first-order valence-electron chi connectivity index (χ1n) is 6.66. The van der Waals surface area contributed by atoms with Crippen LogP contribution in [0.2, 0.25) is 0 Å². The fourth-order valence-electron chi connectivity index (χ4n) is 2.78. The molecule has 0 spiro atoms. The molecule has 0 radical (unpaired) electrons. The lowest BCUT2D eigenvalue weighted by atomic mass is 9.97. The van der Waals surface area contributed by atoms with Crippen LogP contribution in [0.1, 0.15) is 16.7 Å². The van der Waals surface area contributed by atoms with Crippen molar-refractivity contribution in [3.8, 4) is 5.75 Å². The molecule has 1 saturated heterocycles. The molecule has 1 aromatic rings. The van der Waals surface area contributed by atoms with E-state index in [4.69, 9.17) is 4.74 Å². The summed E-state index contributed by atoms with van der Waals surface area (Å²) in [5, 5.41) is 3.59. The molecule has 18 heavy (non-hydrogen) atoms. The summed E-state index contributed by atoms with van der Waals surface area (Å²) in [7, 11) is 3.95. The van der Waals surface area contributed by atoms with Crippen LogP contribution in [-0.2, 0) is 6.42 Å². The molecule has 1 unspecified atom stereocenters. The minimum atomic E-state index is 0.527. The smallest absolute Gasteiger partial charge is 0.122 e. The Morgan fingerprint density at radius 3 is 2.83 bits per heavy atom. The molecule has 0 aliphatic carbocycles. The number of likely N-dealkylation sites (N-methyl/N-ethyl adjacent to an activating group) is 1. The lowest BCUT2D eigenvalue weighted by Crippen LogP contribution is -2.50. The molecule has 1 atom stereocenters. The van der Waals surface area contributed by atoms with E-state index >= 15 is 0 Å². The summed E-state index contributed by atoms with van der Waals surface area (Å²) in [5.41, 5.74) is 3.94. The number of rotatable bonds is 3. The third-order valence-corrected chi connectivity index (χ3v) is 3.71. The SMILES string of the molecule is COc1cc(C)cc(C)c1CC1CN(C)CCN1. The van der Waals surface area contributed by atoms with Gasteiger partial charge in [0.1, 0.15) is 5.75 Å². The van der Waals surface area contributed by atoms with Crippen molar-refractivity contribution in [1.29, 1.82) is 0 Å². The zero-order chi connectivity index (χ0) is 13.1. The standard InChI is InChI=1S/C15H24N2O/c1-11-7-12(2)14(15(8-11)18-4)9-13-10-17(3)6-5-16-13/h7-8,13,16H,5-6,9-10H2,1-4H3. The van der Waals surface area contributed by atoms with Crippen molar-refractivity contribution in [2.45, 2.75) is 26.3 Å². The molecule has 3 heteroatoms. The Morgan fingerprint density at radius 1 is 1.39 bits per heavy atom. The minimum absolute atomic E-state index is 0.527. The largest absolute Gasteiger partial charge is 0.496 e. The van der Waals surface area contributed by atoms with Gasteiger partial charge in [0.2, 0.25) is 0 Å². The van der Waals surface area contributed by atoms with Crippen LogP contribution >= 0.6 is 0 Å². The first-order chi connectivity index (χ1) is 8.60. The maximum atomic E-state index is 5.53. The first kappa shape index (κ1) is 13.4. The molecule has 0 amide bonds. The number of piperazine rings is 1. The fraction of sp³-hybridized carbons (Fsp3) is 0.600. The number of hydrogen-bond acceptors (Lipinski definition) is 3. The van der Waals surface area contributed by atoms with Crippen LogP contribution in [-0.4, -0.2) is 44.7 Å². The van der Waals surface area contributed by atoms with Crippen molar-refractivity contribution in [1.82, 2.24) is 10.2 Å². The van der Waals surface area contributed by atoms with Crippen molar-refractivity contribution in [3.63, 3.8) is 0 Å². The second kappa shape index (κ2) is 5.72. The number of aryl methyl sites for hydroxylation is 2. The Morgan fingerprint density at radius 2 is 2.17 bits per heavy atom. The Bertz CT molecular complexity index is 417. The van der Waals surface area contributed by atoms with E-state index in [1.54, 1.807) is 7.11 Å². The molecule has 100 valence electrons. The highest BCUT2D eigenvalue weighted by molar-refractivity contribution is 5.43. The van der Waals surface area contributed by atoms with E-state index < -0.39 is 0 Å². The quantitative estimate of drug-likeness (QED) is 0.882. The second-order valence-corrected chi connectivity index (χ2v) is 5.38. The van der Waals surface area contributed by atoms with Gasteiger partial charge in [0, 0.05) is 25.7 Å². The average molecular weight is 248 g/mol. The molecular formula is C15H24N2O. The zero-order valence-corrected chi connectivity index (χ0v) is 11.9. The van der Waals surface area contributed by atoms with Crippen LogP contribution in [0.15, 0.2) is 12.1 Å². The van der Waals surface area contributed by atoms with Crippen molar-refractivity contribution in [3.05, 3.63) is 28.8 Å². The average Bonchev–Trinajstić information content (AvgIpc) is 2.32. The summed E-state index contributed by atoms with van der Waals surface area (Å²) < 4.78 is 5.53. The van der Waals surface area contributed by atoms with Gasteiger partial charge in [-0.3, -0.25) is 0 Å². The second-order valence-electron chi connectivity index (χ2n) is 5.38. The van der Waals surface area contributed by atoms with Gasteiger partial charge < -0.3 is 15.0 Å². The molecule has 1 fully saturated rings. The van der Waals surface area contributed by atoms with Crippen LogP contribution in [0.3, 0.4) is 0 Å². The molecule has 1 aromatic carbocycles. The molecule has 1 heterocycles. The third-order valence-electron chi connectivity index (χ3n) is 3.71. The van der Waals surface area contributed by atoms with Gasteiger partial charge in [-0.2, -0.15) is 0 Å². The number of nitrogens with zero attached hydrogens (tertiary/aromatic N) is 1. The van der Waals surface area contributed by atoms with Gasteiger partial charge >= 0.3 is 0 Å². The number of benzene rings is 1. The van der Waals surface area contributed by atoms with E-state index in [9.17, 15) is 0 Å². The van der Waals surface area contributed by atoms with Gasteiger partial charge in [0.15, 0.2) is 0 Å². The van der Waals surface area contributed by atoms with Crippen LogP contribution in [0, 0.1) is 13.8 Å². The van der Waals surface area contributed by atoms with E-state index in [2.05, 4.69) is 43.2 Å². The summed E-state index contributed by atoms with van der Waals surface area (Å²) >= 11 is 0. The predicted octanol–water partition coefficient (Wildman–Crippen LogP) is 1.76. The van der Waals surface area contributed by atoms with Gasteiger partial charge in [-0.1, -0.05) is 6.07 Å². The highest BCUT2D eigenvalue weighted by Crippen LogP contribution is 2.25. The van der Waals surface area contributed by atoms with Crippen LogP contribution in [0.25, 0.3) is 0 Å². The van der Waals surface area contributed by atoms with Crippen molar-refractivity contribution < 1.29 is 4.74 Å². The zero-order valence-electron chi connectivity index (χ0n) is 11.9. The molecule has 0 aromatic heterocycles. The first-order valence-corrected chi connectivity index (χ1v) is 6.66. The van der Waals surface area contributed by atoms with Crippen molar-refractivity contribution in [2.24, 2.45) is 0 Å². The van der Waals surface area contributed by atoms with E-state index in [1.807, 2.05) is 0 Å². The summed E-state index contributed by atoms with van der Waals surface area (Å²) in [5.74, 6) is 1.03. The molecular weight excluding hydrogens is 224 g/mol. The number of ether oxygens (including phenoxy) is 1. The highest BCUT2D eigenvalue weighted by Gasteiger charge is 2.19. The summed E-state index contributed by atoms with van der Waals surface area (Å²) in [6.45, 7) is 7.62. The lowest BCUT2D eigenvalue weighted by molar-refractivity contribution is 0.237. The molecule has 3 nitrogen and oxygen atoms in total. The van der Waals surface area contributed by atoms with Crippen molar-refractivity contribution in [2.75, 3.05) is 33.8 Å². The highest BCUT2D eigenvalue weighted by atomic mass is 16.5. The molecule has 1 aliphatic heterocycles. The normalized spacial score (nSPS) is 21.0. The molecule has 0 bridgehead atoms. The number of nitrogens with one attached hydrogen (secondary N) is 1. The van der Waals surface area contributed by atoms with Crippen molar-refractivity contribution >= 4 is 0 Å². The van der Waals surface area contributed by atoms with Gasteiger partial charge in [0.25, 0.3) is 0 Å². The Hall–Kier alpha value is -1.06. The number of hydrogen-bond donors (Lipinski definition) is 1. The van der Waals surface area contributed by atoms with Gasteiger partial charge in [-0.25, -0.2) is 0 Å². The van der Waals surface area contributed by atoms with E-state index in [1.165, 1.54) is 16.7 Å². The summed E-state index contributed by atoms with van der Waals surface area (Å²) in [6.07, 6.45) is 1.04. The van der Waals surface area contributed by atoms with Crippen LogP contribution in [0.4, 0.5) is 0 Å². The van der Waals surface area contributed by atoms with E-state index in [0.717, 1.165) is 31.8 Å². The fourth-order valence-corrected chi connectivity index (χ4v) is 2.78. The summed E-state index contributed by atoms with van der Waals surface area (Å²) in [4.78, 5) is 2.39. The Kier molecular flexibility index (Phi) is 4.25. The monoisotopic (exact) mass is 248 g/mol. The van der Waals surface area contributed by atoms with Gasteiger partial charge in [-0.05, 0) is 50.1 Å². The molecule has 1 aliphatic rings. The summed E-state index contributed by atoms with van der Waals surface area (Å²) in [6, 6.07) is 4.90. The third kappa shape index (κ3) is 3.03. The van der Waals surface area contributed by atoms with Crippen LogP contribution < -0.4 is 10.1 Å². The maximum absolute atomic E-state index is 5.53. The number of methoxy groups -OCH3 is 1. The van der Waals surface area contributed by atoms with E-state index in [0.29, 0.717) is 6.04 Å². The Balaban J connectivity index is 2.17. The lowest BCUT2D eigenvalue weighted by Gasteiger charge is -2.31. The predicted molar refractivity (Wildman–Crippen MR) is 75.5 cm³/mol. The topological polar surface area (TPSA) is 24.5 Å². The Labute approximate surface area is 110 Å². The van der Waals surface area contributed by atoms with E-state index in [-0.39, 0.29) is 0 Å². The van der Waals surface area contributed by atoms with Crippen LogP contribution in [0.5, 0.6) is 5.75 Å². The van der Waals surface area contributed by atoms with Gasteiger partial charge in [0.05, 0.1) is 7.11 Å². The molecule has 2 rings (SSSR count). The van der Waals surface area contributed by atoms with Gasteiger partial charge in [-0.15, -0.1) is 0 Å². The molecule has 0 saturated carbocycles.